The van der Waals surface area contributed by atoms with Gasteiger partial charge < -0.3 is 5.73 Å². The molecule has 0 aliphatic rings. The molecule has 0 aromatic carbocycles. The maximum absolute atomic E-state index is 5.82. The number of aryl methyl sites for hydroxylation is 2. The van der Waals surface area contributed by atoms with Crippen LogP contribution < -0.4 is 5.73 Å². The molecule has 0 aliphatic heterocycles. The fourth-order valence-corrected chi connectivity index (χ4v) is 3.64. The quantitative estimate of drug-likeness (QED) is 0.862. The molecule has 6 nitrogen and oxygen atoms in total. The van der Waals surface area contributed by atoms with Crippen LogP contribution in [0.4, 0.5) is 5.95 Å². The third-order valence-corrected chi connectivity index (χ3v) is 4.79. The molecular weight excluding hydrogens is 328 g/mol. The summed E-state index contributed by atoms with van der Waals surface area (Å²) in [5.41, 5.74) is 7.94. The van der Waals surface area contributed by atoms with E-state index in [1.807, 2.05) is 23.2 Å². The Labute approximate surface area is 124 Å². The van der Waals surface area contributed by atoms with Gasteiger partial charge in [-0.15, -0.1) is 10.2 Å². The molecule has 0 spiro atoms. The van der Waals surface area contributed by atoms with Crippen molar-refractivity contribution in [1.29, 1.82) is 0 Å². The summed E-state index contributed by atoms with van der Waals surface area (Å²) in [5, 5.41) is 13.3. The number of nitrogens with two attached hydrogens (primary N) is 1. The highest BCUT2D eigenvalue weighted by Gasteiger charge is 2.16. The molecule has 0 unspecified atom stereocenters. The van der Waals surface area contributed by atoms with E-state index in [-0.39, 0.29) is 6.04 Å². The van der Waals surface area contributed by atoms with E-state index in [2.05, 4.69) is 45.1 Å². The average Bonchev–Trinajstić information content (AvgIpc) is 2.80. The van der Waals surface area contributed by atoms with Crippen molar-refractivity contribution in [3.8, 4) is 0 Å². The third kappa shape index (κ3) is 2.79. The van der Waals surface area contributed by atoms with E-state index in [9.17, 15) is 0 Å². The summed E-state index contributed by atoms with van der Waals surface area (Å²) >= 11 is 5.17. The van der Waals surface area contributed by atoms with Crippen molar-refractivity contribution in [2.45, 2.75) is 37.7 Å². The van der Waals surface area contributed by atoms with Gasteiger partial charge in [-0.05, 0) is 36.7 Å². The minimum Gasteiger partial charge on any atom is -0.368 e. The maximum atomic E-state index is 5.82. The van der Waals surface area contributed by atoms with Crippen LogP contribution in [0.3, 0.4) is 0 Å². The molecule has 0 aliphatic carbocycles. The van der Waals surface area contributed by atoms with Crippen molar-refractivity contribution in [1.82, 2.24) is 24.5 Å². The van der Waals surface area contributed by atoms with E-state index >= 15 is 0 Å². The third-order valence-electron chi connectivity index (χ3n) is 2.81. The number of hydrogen-bond acceptors (Lipinski definition) is 5. The number of nitrogen functional groups attached to an aromatic ring is 1. The molecule has 0 saturated carbocycles. The topological polar surface area (TPSA) is 74.6 Å². The number of nitrogens with zero attached hydrogens (tertiary/aromatic N) is 5. The molecule has 104 valence electrons. The molecule has 0 saturated heterocycles. The highest BCUT2D eigenvalue weighted by atomic mass is 79.9. The van der Waals surface area contributed by atoms with E-state index < -0.39 is 0 Å². The summed E-state index contributed by atoms with van der Waals surface area (Å²) in [5.74, 6) is 1.22. The molecule has 0 bridgehead atoms. The van der Waals surface area contributed by atoms with Gasteiger partial charge in [0.2, 0.25) is 5.95 Å². The molecule has 2 aromatic heterocycles. The van der Waals surface area contributed by atoms with E-state index in [0.29, 0.717) is 5.95 Å². The summed E-state index contributed by atoms with van der Waals surface area (Å²) in [6.45, 7) is 6.11. The molecule has 2 aromatic rings. The lowest BCUT2D eigenvalue weighted by atomic mass is 10.4. The molecule has 0 atom stereocenters. The molecule has 2 rings (SSSR count). The Morgan fingerprint density at radius 1 is 1.37 bits per heavy atom. The molecular formula is C11H17BrN6S. The Hall–Kier alpha value is -1.02. The fraction of sp³-hybridized carbons (Fsp3) is 0.545. The second-order valence-electron chi connectivity index (χ2n) is 4.56. The van der Waals surface area contributed by atoms with E-state index in [1.54, 1.807) is 11.8 Å². The second kappa shape index (κ2) is 5.54. The van der Waals surface area contributed by atoms with Gasteiger partial charge in [-0.25, -0.2) is 0 Å². The number of hydrogen-bond donors (Lipinski definition) is 1. The Balaban J connectivity index is 2.19. The second-order valence-corrected chi connectivity index (χ2v) is 6.30. The normalized spacial score (nSPS) is 11.5. The highest BCUT2D eigenvalue weighted by molar-refractivity contribution is 9.10. The van der Waals surface area contributed by atoms with Crippen molar-refractivity contribution >= 4 is 33.6 Å². The van der Waals surface area contributed by atoms with Gasteiger partial charge in [0.25, 0.3) is 0 Å². The minimum atomic E-state index is 0.245. The number of thioether (sulfide) groups is 1. The summed E-state index contributed by atoms with van der Waals surface area (Å²) in [6.07, 6.45) is 0. The van der Waals surface area contributed by atoms with Crippen LogP contribution in [0, 0.1) is 6.92 Å². The predicted octanol–water partition coefficient (Wildman–Crippen LogP) is 2.54. The zero-order valence-electron chi connectivity index (χ0n) is 11.4. The summed E-state index contributed by atoms with van der Waals surface area (Å²) in [6, 6.07) is 0.245. The minimum absolute atomic E-state index is 0.245. The van der Waals surface area contributed by atoms with Gasteiger partial charge in [0, 0.05) is 18.8 Å². The van der Waals surface area contributed by atoms with Crippen molar-refractivity contribution < 1.29 is 0 Å². The Morgan fingerprint density at radius 3 is 2.58 bits per heavy atom. The average molecular weight is 345 g/mol. The fourth-order valence-electron chi connectivity index (χ4n) is 1.84. The lowest BCUT2D eigenvalue weighted by Gasteiger charge is -2.11. The summed E-state index contributed by atoms with van der Waals surface area (Å²) in [4.78, 5) is 0. The molecule has 8 heteroatoms. The van der Waals surface area contributed by atoms with Crippen molar-refractivity contribution in [3.63, 3.8) is 0 Å². The highest BCUT2D eigenvalue weighted by Crippen LogP contribution is 2.29. The monoisotopic (exact) mass is 344 g/mol. The first-order valence-electron chi connectivity index (χ1n) is 5.93. The van der Waals surface area contributed by atoms with Gasteiger partial charge in [0.15, 0.2) is 5.16 Å². The lowest BCUT2D eigenvalue weighted by molar-refractivity contribution is 0.557. The zero-order valence-corrected chi connectivity index (χ0v) is 13.8. The smallest absolute Gasteiger partial charge is 0.222 e. The van der Waals surface area contributed by atoms with Crippen LogP contribution in [0.2, 0.25) is 0 Å². The summed E-state index contributed by atoms with van der Waals surface area (Å²) in [7, 11) is 1.94. The first-order valence-corrected chi connectivity index (χ1v) is 7.70. The van der Waals surface area contributed by atoms with Gasteiger partial charge in [-0.3, -0.25) is 9.25 Å². The Kier molecular flexibility index (Phi) is 4.19. The van der Waals surface area contributed by atoms with Crippen LogP contribution in [0.25, 0.3) is 0 Å². The van der Waals surface area contributed by atoms with Crippen molar-refractivity contribution in [2.24, 2.45) is 7.05 Å². The number of rotatable bonds is 4. The van der Waals surface area contributed by atoms with Gasteiger partial charge in [0.05, 0.1) is 15.9 Å². The van der Waals surface area contributed by atoms with Crippen molar-refractivity contribution in [3.05, 3.63) is 15.9 Å². The Morgan fingerprint density at radius 2 is 2.05 bits per heavy atom. The van der Waals surface area contributed by atoms with E-state index in [0.717, 1.165) is 26.8 Å². The van der Waals surface area contributed by atoms with Gasteiger partial charge >= 0.3 is 0 Å². The maximum Gasteiger partial charge on any atom is 0.222 e. The van der Waals surface area contributed by atoms with Crippen LogP contribution >= 0.6 is 27.7 Å². The van der Waals surface area contributed by atoms with Gasteiger partial charge in [-0.1, -0.05) is 11.8 Å². The largest absolute Gasteiger partial charge is 0.368 e. The van der Waals surface area contributed by atoms with Crippen LogP contribution in [-0.2, 0) is 12.8 Å². The van der Waals surface area contributed by atoms with Crippen LogP contribution in [0.1, 0.15) is 31.3 Å². The van der Waals surface area contributed by atoms with Crippen LogP contribution in [0.5, 0.6) is 0 Å². The van der Waals surface area contributed by atoms with Crippen LogP contribution in [-0.4, -0.2) is 24.5 Å². The molecule has 2 N–H and O–H groups in total. The molecule has 0 amide bonds. The zero-order chi connectivity index (χ0) is 14.2. The predicted molar refractivity (Wildman–Crippen MR) is 80.0 cm³/mol. The molecule has 0 fully saturated rings. The lowest BCUT2D eigenvalue weighted by Crippen LogP contribution is -2.07. The van der Waals surface area contributed by atoms with Gasteiger partial charge in [0.1, 0.15) is 0 Å². The number of anilines is 1. The number of halogens is 1. The van der Waals surface area contributed by atoms with Crippen molar-refractivity contribution in [2.75, 3.05) is 5.73 Å². The molecule has 2 heterocycles. The standard InChI is InChI=1S/C11H17BrN6S/c1-6(2)18-10(13)14-15-11(18)19-5-8-9(12)7(3)16-17(8)4/h6H,5H2,1-4H3,(H2,13,14). The number of aromatic nitrogens is 5. The Bertz CT molecular complexity index is 588. The first kappa shape index (κ1) is 14.4. The van der Waals surface area contributed by atoms with E-state index in [1.165, 1.54) is 0 Å². The molecule has 19 heavy (non-hydrogen) atoms. The van der Waals surface area contributed by atoms with E-state index in [4.69, 9.17) is 5.73 Å². The SMILES string of the molecule is Cc1nn(C)c(CSc2nnc(N)n2C(C)C)c1Br. The molecule has 0 radical (unpaired) electrons. The van der Waals surface area contributed by atoms with Gasteiger partial charge in [-0.2, -0.15) is 5.10 Å². The summed E-state index contributed by atoms with van der Waals surface area (Å²) < 4.78 is 4.86. The first-order chi connectivity index (χ1) is 8.91. The van der Waals surface area contributed by atoms with Crippen LogP contribution in [0.15, 0.2) is 9.63 Å².